The van der Waals surface area contributed by atoms with E-state index in [0.717, 1.165) is 77.0 Å². The van der Waals surface area contributed by atoms with Crippen molar-refractivity contribution >= 4 is 5.91 Å². The number of rotatable bonds is 44. The van der Waals surface area contributed by atoms with Crippen LogP contribution in [0.15, 0.2) is 72.9 Å². The topological polar surface area (TPSA) is 307 Å². The smallest absolute Gasteiger partial charge is 0.220 e. The standard InChI is InChI=1S/C62H107NO18/c1-3-5-7-9-11-13-15-17-18-19-20-21-22-23-24-25-26-28-30-32-34-36-38-40-50(68)63-45(46(67)39-37-35-33-31-29-27-16-14-12-10-8-6-4-2)44-76-60-56(74)53(71)58(48(42-65)78-60)81-62-57(75)54(72)59(49(43-66)79-62)80-61-55(73)52(70)51(69)47(41-64)77-61/h5,7,11,13,17-18,20-21,29,31,37,39,45-49,51-62,64-67,69-75H,3-4,6,8-10,12,14-16,19,22-28,30,32-36,38,40-44H2,1-2H3,(H,63,68)/b7-5-,13-11-,18-17-,21-20-,31-29+,39-37+. The number of aliphatic hydroxyl groups excluding tert-OH is 11. The van der Waals surface area contributed by atoms with Crippen molar-refractivity contribution in [3.05, 3.63) is 72.9 Å². The van der Waals surface area contributed by atoms with Crippen molar-refractivity contribution in [2.75, 3.05) is 26.4 Å². The highest BCUT2D eigenvalue weighted by molar-refractivity contribution is 5.76. The zero-order valence-corrected chi connectivity index (χ0v) is 48.7. The zero-order valence-electron chi connectivity index (χ0n) is 48.7. The molecular weight excluding hydrogens is 1050 g/mol. The van der Waals surface area contributed by atoms with E-state index in [-0.39, 0.29) is 18.9 Å². The van der Waals surface area contributed by atoms with Gasteiger partial charge in [0.15, 0.2) is 18.9 Å². The van der Waals surface area contributed by atoms with Crippen LogP contribution < -0.4 is 5.32 Å². The Kier molecular flexibility index (Phi) is 40.0. The highest BCUT2D eigenvalue weighted by Crippen LogP contribution is 2.33. The molecule has 0 aromatic rings. The maximum Gasteiger partial charge on any atom is 0.220 e. The molecule has 0 saturated carbocycles. The summed E-state index contributed by atoms with van der Waals surface area (Å²) in [7, 11) is 0. The van der Waals surface area contributed by atoms with Gasteiger partial charge in [0, 0.05) is 6.42 Å². The Hall–Kier alpha value is -2.77. The number of nitrogens with one attached hydrogen (secondary N) is 1. The Morgan fingerprint density at radius 1 is 0.457 bits per heavy atom. The number of carbonyl (C=O) groups excluding carboxylic acids is 1. The zero-order chi connectivity index (χ0) is 59.0. The molecule has 0 radical (unpaired) electrons. The molecule has 3 heterocycles. The van der Waals surface area contributed by atoms with Crippen LogP contribution in [0.2, 0.25) is 0 Å². The van der Waals surface area contributed by atoms with Gasteiger partial charge in [-0.25, -0.2) is 0 Å². The predicted octanol–water partition coefficient (Wildman–Crippen LogP) is 5.82. The van der Waals surface area contributed by atoms with Crippen molar-refractivity contribution < 1.29 is 89.4 Å². The Bertz CT molecular complexity index is 1760. The van der Waals surface area contributed by atoms with Gasteiger partial charge in [0.2, 0.25) is 5.91 Å². The second-order valence-corrected chi connectivity index (χ2v) is 21.8. The third-order valence-electron chi connectivity index (χ3n) is 15.0. The van der Waals surface area contributed by atoms with E-state index in [9.17, 15) is 61.0 Å². The molecule has 0 spiro atoms. The molecule has 0 aromatic heterocycles. The van der Waals surface area contributed by atoms with Crippen molar-refractivity contribution in [2.45, 2.75) is 285 Å². The summed E-state index contributed by atoms with van der Waals surface area (Å²) in [5.41, 5.74) is 0. The van der Waals surface area contributed by atoms with Gasteiger partial charge in [-0.3, -0.25) is 4.79 Å². The molecular formula is C62H107NO18. The number of ether oxygens (including phenoxy) is 6. The van der Waals surface area contributed by atoms with Crippen LogP contribution in [0.3, 0.4) is 0 Å². The van der Waals surface area contributed by atoms with E-state index in [2.05, 4.69) is 79.9 Å². The fraction of sp³-hybridized carbons (Fsp3) is 0.790. The van der Waals surface area contributed by atoms with Gasteiger partial charge in [-0.05, 0) is 70.6 Å². The first-order valence-electron chi connectivity index (χ1n) is 30.7. The summed E-state index contributed by atoms with van der Waals surface area (Å²) >= 11 is 0. The summed E-state index contributed by atoms with van der Waals surface area (Å²) in [6.45, 7) is 1.55. The average molecular weight is 1150 g/mol. The molecule has 0 bridgehead atoms. The molecule has 81 heavy (non-hydrogen) atoms. The normalized spacial score (nSPS) is 30.3. The first-order chi connectivity index (χ1) is 39.3. The summed E-state index contributed by atoms with van der Waals surface area (Å²) in [5.74, 6) is -0.295. The number of unbranched alkanes of at least 4 members (excludes halogenated alkanes) is 18. The maximum atomic E-state index is 13.3. The lowest BCUT2D eigenvalue weighted by molar-refractivity contribution is -0.379. The minimum Gasteiger partial charge on any atom is -0.394 e. The minimum atomic E-state index is -1.98. The summed E-state index contributed by atoms with van der Waals surface area (Å²) in [4.78, 5) is 13.3. The van der Waals surface area contributed by atoms with E-state index in [4.69, 9.17) is 28.4 Å². The van der Waals surface area contributed by atoms with E-state index < -0.39 is 124 Å². The first kappa shape index (κ1) is 72.5. The quantitative estimate of drug-likeness (QED) is 0.0253. The SMILES string of the molecule is CC/C=C\C/C=C\C/C=C\C/C=C\CCCCCCCCCCCCC(=O)NC(COC1OC(CO)C(OC2OC(CO)C(OC3OC(CO)C(O)C(O)C3O)C(O)C2O)C(O)C1O)C(O)/C=C/CC/C=C/CCCCCCCCC. The molecule has 3 aliphatic heterocycles. The molecule has 468 valence electrons. The second kappa shape index (κ2) is 44.7. The summed E-state index contributed by atoms with van der Waals surface area (Å²) in [6.07, 6.45) is 26.0. The Morgan fingerprint density at radius 2 is 0.864 bits per heavy atom. The van der Waals surface area contributed by atoms with Crippen LogP contribution in [0.4, 0.5) is 0 Å². The Morgan fingerprint density at radius 3 is 1.38 bits per heavy atom. The lowest BCUT2D eigenvalue weighted by Gasteiger charge is -2.48. The van der Waals surface area contributed by atoms with Gasteiger partial charge in [0.05, 0.1) is 38.6 Å². The molecule has 3 rings (SSSR count). The van der Waals surface area contributed by atoms with Crippen molar-refractivity contribution in [3.8, 4) is 0 Å². The van der Waals surface area contributed by atoms with E-state index >= 15 is 0 Å². The van der Waals surface area contributed by atoms with Gasteiger partial charge in [-0.1, -0.05) is 177 Å². The number of aliphatic hydroxyl groups is 11. The summed E-state index contributed by atoms with van der Waals surface area (Å²) in [6, 6.07) is -0.995. The Balaban J connectivity index is 1.48. The molecule has 1 amide bonds. The highest BCUT2D eigenvalue weighted by Gasteiger charge is 2.53. The summed E-state index contributed by atoms with van der Waals surface area (Å²) in [5, 5.41) is 120. The lowest BCUT2D eigenvalue weighted by atomic mass is 9.96. The van der Waals surface area contributed by atoms with Crippen LogP contribution in [-0.4, -0.2) is 193 Å². The van der Waals surface area contributed by atoms with Crippen LogP contribution in [-0.2, 0) is 33.2 Å². The Labute approximate surface area is 483 Å². The van der Waals surface area contributed by atoms with E-state index in [1.54, 1.807) is 6.08 Å². The fourth-order valence-corrected chi connectivity index (χ4v) is 9.96. The molecule has 0 aromatic carbocycles. The van der Waals surface area contributed by atoms with Crippen LogP contribution >= 0.6 is 0 Å². The third kappa shape index (κ3) is 28.3. The minimum absolute atomic E-state index is 0.226. The van der Waals surface area contributed by atoms with Gasteiger partial charge in [-0.15, -0.1) is 0 Å². The molecule has 19 heteroatoms. The van der Waals surface area contributed by atoms with Crippen molar-refractivity contribution in [3.63, 3.8) is 0 Å². The average Bonchev–Trinajstić information content (AvgIpc) is 3.57. The van der Waals surface area contributed by atoms with Gasteiger partial charge in [-0.2, -0.15) is 0 Å². The number of carbonyl (C=O) groups is 1. The third-order valence-corrected chi connectivity index (χ3v) is 15.0. The summed E-state index contributed by atoms with van der Waals surface area (Å²) < 4.78 is 34.2. The van der Waals surface area contributed by atoms with Gasteiger partial charge < -0.3 is 89.9 Å². The number of allylic oxidation sites excluding steroid dienone is 11. The van der Waals surface area contributed by atoms with Gasteiger partial charge in [0.25, 0.3) is 0 Å². The van der Waals surface area contributed by atoms with Crippen LogP contribution in [0.25, 0.3) is 0 Å². The maximum absolute atomic E-state index is 13.3. The van der Waals surface area contributed by atoms with Gasteiger partial charge >= 0.3 is 0 Å². The van der Waals surface area contributed by atoms with E-state index in [0.29, 0.717) is 12.8 Å². The van der Waals surface area contributed by atoms with Crippen molar-refractivity contribution in [1.29, 1.82) is 0 Å². The van der Waals surface area contributed by atoms with Crippen LogP contribution in [0.5, 0.6) is 0 Å². The van der Waals surface area contributed by atoms with E-state index in [1.807, 2.05) is 6.08 Å². The van der Waals surface area contributed by atoms with E-state index in [1.165, 1.54) is 70.6 Å². The van der Waals surface area contributed by atoms with Crippen LogP contribution in [0.1, 0.15) is 181 Å². The van der Waals surface area contributed by atoms with Crippen LogP contribution in [0, 0.1) is 0 Å². The molecule has 3 aliphatic rings. The predicted molar refractivity (Wildman–Crippen MR) is 309 cm³/mol. The van der Waals surface area contributed by atoms with Crippen molar-refractivity contribution in [2.24, 2.45) is 0 Å². The number of hydrogen-bond donors (Lipinski definition) is 12. The largest absolute Gasteiger partial charge is 0.394 e. The molecule has 17 unspecified atom stereocenters. The first-order valence-corrected chi connectivity index (χ1v) is 30.7. The molecule has 3 saturated heterocycles. The number of amides is 1. The molecule has 17 atom stereocenters. The van der Waals surface area contributed by atoms with Gasteiger partial charge in [0.1, 0.15) is 73.2 Å². The second-order valence-electron chi connectivity index (χ2n) is 21.8. The molecule has 0 aliphatic carbocycles. The lowest BCUT2D eigenvalue weighted by Crippen LogP contribution is -2.66. The fourth-order valence-electron chi connectivity index (χ4n) is 9.96. The van der Waals surface area contributed by atoms with Crippen molar-refractivity contribution in [1.82, 2.24) is 5.32 Å². The number of hydrogen-bond acceptors (Lipinski definition) is 18. The molecule has 12 N–H and O–H groups in total. The molecule has 3 fully saturated rings. The molecule has 19 nitrogen and oxygen atoms in total. The monoisotopic (exact) mass is 1150 g/mol. The highest BCUT2D eigenvalue weighted by atomic mass is 16.8.